The van der Waals surface area contributed by atoms with Crippen LogP contribution >= 0.6 is 11.5 Å². The third-order valence-corrected chi connectivity index (χ3v) is 3.47. The van der Waals surface area contributed by atoms with E-state index in [9.17, 15) is 4.79 Å². The van der Waals surface area contributed by atoms with Gasteiger partial charge in [0.15, 0.2) is 0 Å². The van der Waals surface area contributed by atoms with E-state index < -0.39 is 0 Å². The highest BCUT2D eigenvalue weighted by atomic mass is 32.1. The van der Waals surface area contributed by atoms with Crippen LogP contribution in [0, 0.1) is 5.41 Å². The lowest BCUT2D eigenvalue weighted by Crippen LogP contribution is -2.30. The van der Waals surface area contributed by atoms with Crippen LogP contribution in [0.4, 0.5) is 0 Å². The minimum atomic E-state index is -0.116. The first-order chi connectivity index (χ1) is 7.26. The first-order valence-corrected chi connectivity index (χ1v) is 5.70. The predicted molar refractivity (Wildman–Crippen MR) is 55.6 cm³/mol. The Labute approximate surface area is 91.7 Å². The summed E-state index contributed by atoms with van der Waals surface area (Å²) in [5.41, 5.74) is 0.155. The van der Waals surface area contributed by atoms with Gasteiger partial charge in [-0.1, -0.05) is 4.49 Å². The van der Waals surface area contributed by atoms with Gasteiger partial charge in [0.1, 0.15) is 4.88 Å². The van der Waals surface area contributed by atoms with Crippen LogP contribution in [0.5, 0.6) is 0 Å². The highest BCUT2D eigenvalue weighted by Crippen LogP contribution is 2.47. The highest BCUT2D eigenvalue weighted by Gasteiger charge is 2.41. The molecule has 1 aliphatic carbocycles. The largest absolute Gasteiger partial charge is 0.396 e. The number of hydrogen-bond acceptors (Lipinski definition) is 5. The Morgan fingerprint density at radius 1 is 1.67 bits per heavy atom. The van der Waals surface area contributed by atoms with Crippen molar-refractivity contribution >= 4 is 17.4 Å². The van der Waals surface area contributed by atoms with E-state index >= 15 is 0 Å². The van der Waals surface area contributed by atoms with Gasteiger partial charge in [-0.15, -0.1) is 5.10 Å². The molecule has 0 unspecified atom stereocenters. The van der Waals surface area contributed by atoms with Crippen LogP contribution in [0.2, 0.25) is 0 Å². The summed E-state index contributed by atoms with van der Waals surface area (Å²) in [4.78, 5) is 12.1. The zero-order valence-corrected chi connectivity index (χ0v) is 9.09. The molecule has 1 aromatic heterocycles. The van der Waals surface area contributed by atoms with Crippen LogP contribution in [0.15, 0.2) is 6.20 Å². The molecule has 1 aromatic rings. The van der Waals surface area contributed by atoms with Crippen molar-refractivity contribution in [1.29, 1.82) is 0 Å². The van der Waals surface area contributed by atoms with Crippen molar-refractivity contribution in [3.8, 4) is 0 Å². The molecule has 0 bridgehead atoms. The third kappa shape index (κ3) is 2.51. The molecule has 1 aliphatic rings. The summed E-state index contributed by atoms with van der Waals surface area (Å²) in [6, 6.07) is 0. The number of nitrogens with one attached hydrogen (secondary N) is 1. The van der Waals surface area contributed by atoms with Gasteiger partial charge in [-0.25, -0.2) is 0 Å². The molecule has 1 fully saturated rings. The van der Waals surface area contributed by atoms with Crippen LogP contribution in [0.25, 0.3) is 0 Å². The summed E-state index contributed by atoms with van der Waals surface area (Å²) in [5.74, 6) is -0.116. The second kappa shape index (κ2) is 4.24. The van der Waals surface area contributed by atoms with E-state index in [0.717, 1.165) is 30.8 Å². The molecule has 0 atom stereocenters. The van der Waals surface area contributed by atoms with E-state index in [1.807, 2.05) is 0 Å². The number of amides is 1. The number of carbonyl (C=O) groups is 1. The van der Waals surface area contributed by atoms with Crippen LogP contribution in [0.1, 0.15) is 28.9 Å². The quantitative estimate of drug-likeness (QED) is 0.765. The molecule has 6 heteroatoms. The first kappa shape index (κ1) is 10.5. The van der Waals surface area contributed by atoms with E-state index in [2.05, 4.69) is 14.9 Å². The van der Waals surface area contributed by atoms with Gasteiger partial charge in [-0.05, 0) is 36.2 Å². The maximum atomic E-state index is 11.5. The highest BCUT2D eigenvalue weighted by molar-refractivity contribution is 7.07. The number of aliphatic hydroxyl groups excluding tert-OH is 1. The Balaban J connectivity index is 1.81. The normalized spacial score (nSPS) is 17.4. The van der Waals surface area contributed by atoms with E-state index in [4.69, 9.17) is 5.11 Å². The smallest absolute Gasteiger partial charge is 0.264 e. The fourth-order valence-electron chi connectivity index (χ4n) is 1.55. The van der Waals surface area contributed by atoms with Gasteiger partial charge in [0.25, 0.3) is 5.91 Å². The molecule has 1 amide bonds. The van der Waals surface area contributed by atoms with E-state index in [1.54, 1.807) is 0 Å². The number of carbonyl (C=O) groups excluding carboxylic acids is 1. The lowest BCUT2D eigenvalue weighted by Gasteiger charge is -2.13. The summed E-state index contributed by atoms with van der Waals surface area (Å²) >= 11 is 1.09. The van der Waals surface area contributed by atoms with Gasteiger partial charge >= 0.3 is 0 Å². The monoisotopic (exact) mass is 227 g/mol. The topological polar surface area (TPSA) is 75.1 Å². The summed E-state index contributed by atoms with van der Waals surface area (Å²) in [7, 11) is 0. The van der Waals surface area contributed by atoms with Crippen molar-refractivity contribution in [1.82, 2.24) is 14.9 Å². The Bertz CT molecular complexity index is 335. The number of aliphatic hydroxyl groups is 1. The fourth-order valence-corrected chi connectivity index (χ4v) is 1.98. The molecule has 0 aromatic carbocycles. The fraction of sp³-hybridized carbons (Fsp3) is 0.667. The van der Waals surface area contributed by atoms with E-state index in [1.165, 1.54) is 6.20 Å². The second-order valence-electron chi connectivity index (χ2n) is 3.94. The number of hydrogen-bond donors (Lipinski definition) is 2. The predicted octanol–water partition coefficient (Wildman–Crippen LogP) is 0.430. The van der Waals surface area contributed by atoms with Crippen molar-refractivity contribution < 1.29 is 9.90 Å². The zero-order valence-electron chi connectivity index (χ0n) is 8.27. The maximum absolute atomic E-state index is 11.5. The number of nitrogens with zero attached hydrogens (tertiary/aromatic N) is 2. The Morgan fingerprint density at radius 3 is 3.00 bits per heavy atom. The van der Waals surface area contributed by atoms with Crippen LogP contribution < -0.4 is 5.32 Å². The molecule has 0 radical (unpaired) electrons. The SMILES string of the molecule is O=C(NCC1(CCO)CC1)c1cnns1. The van der Waals surface area contributed by atoms with Crippen LogP contribution in [-0.2, 0) is 0 Å². The Morgan fingerprint density at radius 2 is 2.47 bits per heavy atom. The van der Waals surface area contributed by atoms with E-state index in [-0.39, 0.29) is 17.9 Å². The summed E-state index contributed by atoms with van der Waals surface area (Å²) in [6.45, 7) is 0.836. The lowest BCUT2D eigenvalue weighted by atomic mass is 10.0. The lowest BCUT2D eigenvalue weighted by molar-refractivity contribution is 0.0944. The van der Waals surface area contributed by atoms with Gasteiger partial charge in [-0.2, -0.15) is 0 Å². The number of rotatable bonds is 5. The average Bonchev–Trinajstić information content (AvgIpc) is 2.81. The average molecular weight is 227 g/mol. The van der Waals surface area contributed by atoms with Crippen molar-refractivity contribution in [3.05, 3.63) is 11.1 Å². The minimum absolute atomic E-state index is 0.116. The van der Waals surface area contributed by atoms with Crippen LogP contribution in [-0.4, -0.2) is 33.8 Å². The van der Waals surface area contributed by atoms with Crippen LogP contribution in [0.3, 0.4) is 0 Å². The molecule has 1 heterocycles. The summed E-state index contributed by atoms with van der Waals surface area (Å²) in [6.07, 6.45) is 4.42. The summed E-state index contributed by atoms with van der Waals surface area (Å²) < 4.78 is 3.63. The molecule has 2 rings (SSSR count). The van der Waals surface area contributed by atoms with Gasteiger partial charge in [0.05, 0.1) is 6.20 Å². The van der Waals surface area contributed by atoms with Gasteiger partial charge in [-0.3, -0.25) is 4.79 Å². The van der Waals surface area contributed by atoms with Crippen molar-refractivity contribution in [2.24, 2.45) is 5.41 Å². The molecule has 82 valence electrons. The summed E-state index contributed by atoms with van der Waals surface area (Å²) in [5, 5.41) is 15.3. The minimum Gasteiger partial charge on any atom is -0.396 e. The molecule has 2 N–H and O–H groups in total. The first-order valence-electron chi connectivity index (χ1n) is 4.92. The molecule has 0 aliphatic heterocycles. The second-order valence-corrected chi connectivity index (χ2v) is 4.72. The van der Waals surface area contributed by atoms with Crippen molar-refractivity contribution in [2.45, 2.75) is 19.3 Å². The molecule has 0 spiro atoms. The van der Waals surface area contributed by atoms with Crippen molar-refractivity contribution in [2.75, 3.05) is 13.2 Å². The molecular weight excluding hydrogens is 214 g/mol. The molecule has 5 nitrogen and oxygen atoms in total. The third-order valence-electron chi connectivity index (χ3n) is 2.81. The van der Waals surface area contributed by atoms with Crippen molar-refractivity contribution in [3.63, 3.8) is 0 Å². The zero-order chi connectivity index (χ0) is 10.7. The standard InChI is InChI=1S/C9H13N3O2S/c13-4-3-9(1-2-9)6-10-8(14)7-5-11-12-15-7/h5,13H,1-4,6H2,(H,10,14). The molecule has 15 heavy (non-hydrogen) atoms. The Kier molecular flexibility index (Phi) is 2.97. The molecular formula is C9H13N3O2S. The van der Waals surface area contributed by atoms with Gasteiger partial charge in [0, 0.05) is 13.2 Å². The Hall–Kier alpha value is -1.01. The van der Waals surface area contributed by atoms with Gasteiger partial charge in [0.2, 0.25) is 0 Å². The molecule has 0 saturated heterocycles. The van der Waals surface area contributed by atoms with E-state index in [0.29, 0.717) is 11.4 Å². The van der Waals surface area contributed by atoms with Gasteiger partial charge < -0.3 is 10.4 Å². The molecule has 1 saturated carbocycles. The number of aromatic nitrogens is 2. The maximum Gasteiger partial charge on any atom is 0.264 e.